The van der Waals surface area contributed by atoms with Crippen LogP contribution < -0.4 is 22.5 Å². The summed E-state index contributed by atoms with van der Waals surface area (Å²) in [6.45, 7) is 1.62. The van der Waals surface area contributed by atoms with Crippen molar-refractivity contribution in [2.24, 2.45) is 0 Å². The molecule has 8 nitrogen and oxygen atoms in total. The van der Waals surface area contributed by atoms with Crippen molar-refractivity contribution in [3.63, 3.8) is 0 Å². The zero-order valence-electron chi connectivity index (χ0n) is 11.4. The average Bonchev–Trinajstić information content (AvgIpc) is 2.41. The number of hydrogen-bond donors (Lipinski definition) is 4. The third-order valence-electron chi connectivity index (χ3n) is 2.20. The number of halogens is 3. The van der Waals surface area contributed by atoms with Crippen molar-refractivity contribution in [1.82, 2.24) is 19.9 Å². The second-order valence-electron chi connectivity index (χ2n) is 3.84. The quantitative estimate of drug-likeness (QED) is 0.486. The van der Waals surface area contributed by atoms with Gasteiger partial charge in [-0.3, -0.25) is 19.6 Å². The lowest BCUT2D eigenvalue weighted by Crippen LogP contribution is -2.28. The zero-order chi connectivity index (χ0) is 17.6. The molecule has 11 heteroatoms. The standard InChI is InChI=1S/C7H6N2O2.C5H3F3N2O2/c1-2-3-5-4-8-7(11)9-6(5)10;6-5(7,8)2-1-9-4(12)10-3(2)11/h4H,1H3,(H2,8,9,10,11);1H,(H2,9,10,11,12). The van der Waals surface area contributed by atoms with Crippen molar-refractivity contribution in [2.75, 3.05) is 0 Å². The van der Waals surface area contributed by atoms with Crippen LogP contribution in [0.5, 0.6) is 0 Å². The van der Waals surface area contributed by atoms with Crippen LogP contribution in [0.15, 0.2) is 31.6 Å². The minimum Gasteiger partial charge on any atom is -0.313 e. The van der Waals surface area contributed by atoms with Crippen LogP contribution in [0, 0.1) is 11.8 Å². The Kier molecular flexibility index (Phi) is 5.50. The highest BCUT2D eigenvalue weighted by Crippen LogP contribution is 2.24. The Balaban J connectivity index is 0.000000231. The molecule has 0 radical (unpaired) electrons. The van der Waals surface area contributed by atoms with E-state index in [1.54, 1.807) is 11.9 Å². The topological polar surface area (TPSA) is 131 Å². The molecule has 122 valence electrons. The van der Waals surface area contributed by atoms with Gasteiger partial charge >= 0.3 is 17.6 Å². The molecule has 2 heterocycles. The summed E-state index contributed by atoms with van der Waals surface area (Å²) in [5.41, 5.74) is -4.52. The lowest BCUT2D eigenvalue weighted by molar-refractivity contribution is -0.139. The van der Waals surface area contributed by atoms with Crippen molar-refractivity contribution in [1.29, 1.82) is 0 Å². The van der Waals surface area contributed by atoms with Gasteiger partial charge in [-0.2, -0.15) is 13.2 Å². The molecule has 0 fully saturated rings. The van der Waals surface area contributed by atoms with Crippen LogP contribution in [-0.4, -0.2) is 19.9 Å². The molecule has 0 aromatic carbocycles. The van der Waals surface area contributed by atoms with E-state index in [2.05, 4.69) is 21.8 Å². The maximum atomic E-state index is 11.8. The number of hydrogen-bond acceptors (Lipinski definition) is 4. The SMILES string of the molecule is CC#Cc1c[nH]c(=O)[nH]c1=O.O=c1[nH]cc(C(F)(F)F)c(=O)[nH]1. The summed E-state index contributed by atoms with van der Waals surface area (Å²) >= 11 is 0. The van der Waals surface area contributed by atoms with E-state index in [4.69, 9.17) is 0 Å². The van der Waals surface area contributed by atoms with E-state index in [-0.39, 0.29) is 5.56 Å². The maximum Gasteiger partial charge on any atom is 0.423 e. The highest BCUT2D eigenvalue weighted by Gasteiger charge is 2.34. The van der Waals surface area contributed by atoms with Crippen molar-refractivity contribution in [3.05, 3.63) is 65.2 Å². The monoisotopic (exact) mass is 330 g/mol. The van der Waals surface area contributed by atoms with E-state index in [0.29, 0.717) is 6.20 Å². The molecule has 0 aliphatic rings. The molecular weight excluding hydrogens is 321 g/mol. The molecule has 23 heavy (non-hydrogen) atoms. The molecule has 0 aliphatic carbocycles. The maximum absolute atomic E-state index is 11.8. The fourth-order valence-electron chi connectivity index (χ4n) is 1.26. The zero-order valence-corrected chi connectivity index (χ0v) is 11.4. The van der Waals surface area contributed by atoms with Gasteiger partial charge in [0.1, 0.15) is 11.1 Å². The van der Waals surface area contributed by atoms with E-state index < -0.39 is 34.2 Å². The first-order valence-corrected chi connectivity index (χ1v) is 5.79. The molecular formula is C12H9F3N4O4. The molecule has 4 N–H and O–H groups in total. The molecule has 0 atom stereocenters. The normalized spacial score (nSPS) is 10.1. The third-order valence-corrected chi connectivity index (χ3v) is 2.20. The van der Waals surface area contributed by atoms with Gasteiger partial charge in [-0.1, -0.05) is 5.92 Å². The second-order valence-corrected chi connectivity index (χ2v) is 3.84. The Morgan fingerprint density at radius 3 is 1.87 bits per heavy atom. The summed E-state index contributed by atoms with van der Waals surface area (Å²) < 4.78 is 35.5. The van der Waals surface area contributed by atoms with Crippen LogP contribution in [-0.2, 0) is 6.18 Å². The first-order chi connectivity index (χ1) is 10.6. The van der Waals surface area contributed by atoms with Crippen LogP contribution >= 0.6 is 0 Å². The minimum atomic E-state index is -4.74. The fourth-order valence-corrected chi connectivity index (χ4v) is 1.26. The third kappa shape index (κ3) is 5.20. The van der Waals surface area contributed by atoms with Gasteiger partial charge < -0.3 is 9.97 Å². The van der Waals surface area contributed by atoms with Gasteiger partial charge in [0.15, 0.2) is 0 Å². The average molecular weight is 330 g/mol. The van der Waals surface area contributed by atoms with Crippen LogP contribution in [0.2, 0.25) is 0 Å². The van der Waals surface area contributed by atoms with E-state index >= 15 is 0 Å². The molecule has 0 aliphatic heterocycles. The Bertz CT molecular complexity index is 969. The number of aromatic nitrogens is 4. The van der Waals surface area contributed by atoms with Gasteiger partial charge in [0.25, 0.3) is 11.1 Å². The first kappa shape index (κ1) is 17.8. The van der Waals surface area contributed by atoms with Crippen LogP contribution in [0.4, 0.5) is 13.2 Å². The number of nitrogens with one attached hydrogen (secondary N) is 4. The number of alkyl halides is 3. The molecule has 0 saturated carbocycles. The Hall–Kier alpha value is -3.29. The summed E-state index contributed by atoms with van der Waals surface area (Å²) in [7, 11) is 0. The molecule has 2 aromatic heterocycles. The van der Waals surface area contributed by atoms with Gasteiger partial charge in [0.05, 0.1) is 0 Å². The van der Waals surface area contributed by atoms with Crippen molar-refractivity contribution in [3.8, 4) is 11.8 Å². The van der Waals surface area contributed by atoms with E-state index in [0.717, 1.165) is 0 Å². The van der Waals surface area contributed by atoms with Gasteiger partial charge in [0, 0.05) is 12.4 Å². The highest BCUT2D eigenvalue weighted by atomic mass is 19.4. The smallest absolute Gasteiger partial charge is 0.313 e. The van der Waals surface area contributed by atoms with Crippen molar-refractivity contribution < 1.29 is 13.2 Å². The Morgan fingerprint density at radius 1 is 0.913 bits per heavy atom. The predicted molar refractivity (Wildman–Crippen MR) is 72.9 cm³/mol. The highest BCUT2D eigenvalue weighted by molar-refractivity contribution is 5.28. The lowest BCUT2D eigenvalue weighted by Gasteiger charge is -2.02. The number of rotatable bonds is 0. The Labute approximate surface area is 124 Å². The molecule has 2 aromatic rings. The van der Waals surface area contributed by atoms with E-state index in [1.165, 1.54) is 11.2 Å². The Morgan fingerprint density at radius 2 is 1.43 bits per heavy atom. The van der Waals surface area contributed by atoms with Crippen LogP contribution in [0.25, 0.3) is 0 Å². The van der Waals surface area contributed by atoms with E-state index in [9.17, 15) is 32.3 Å². The molecule has 2 rings (SSSR count). The fraction of sp³-hybridized carbons (Fsp3) is 0.167. The summed E-state index contributed by atoms with van der Waals surface area (Å²) in [6, 6.07) is 0. The van der Waals surface area contributed by atoms with E-state index in [1.807, 2.05) is 0 Å². The molecule has 0 unspecified atom stereocenters. The number of aromatic amines is 4. The summed E-state index contributed by atoms with van der Waals surface area (Å²) in [4.78, 5) is 49.7. The second kappa shape index (κ2) is 7.12. The minimum absolute atomic E-state index is 0.270. The summed E-state index contributed by atoms with van der Waals surface area (Å²) in [6.07, 6.45) is -3.11. The lowest BCUT2D eigenvalue weighted by atomic mass is 10.3. The van der Waals surface area contributed by atoms with Gasteiger partial charge in [-0.15, -0.1) is 5.92 Å². The van der Waals surface area contributed by atoms with Crippen LogP contribution in [0.3, 0.4) is 0 Å². The summed E-state index contributed by atoms with van der Waals surface area (Å²) in [5, 5.41) is 0. The predicted octanol–water partition coefficient (Wildman–Crippen LogP) is -0.483. The first-order valence-electron chi connectivity index (χ1n) is 5.79. The molecule has 0 bridgehead atoms. The largest absolute Gasteiger partial charge is 0.423 e. The van der Waals surface area contributed by atoms with Crippen LogP contribution in [0.1, 0.15) is 18.1 Å². The van der Waals surface area contributed by atoms with Gasteiger partial charge in [-0.25, -0.2) is 9.59 Å². The molecule has 0 saturated heterocycles. The molecule has 0 spiro atoms. The van der Waals surface area contributed by atoms with Gasteiger partial charge in [0.2, 0.25) is 0 Å². The van der Waals surface area contributed by atoms with Crippen molar-refractivity contribution >= 4 is 0 Å². The summed E-state index contributed by atoms with van der Waals surface area (Å²) in [5.74, 6) is 5.09. The molecule has 0 amide bonds. The van der Waals surface area contributed by atoms with Crippen molar-refractivity contribution in [2.45, 2.75) is 13.1 Å². The number of H-pyrrole nitrogens is 4. The van der Waals surface area contributed by atoms with Gasteiger partial charge in [-0.05, 0) is 6.92 Å².